The number of nitrogens with zero attached hydrogens (tertiary/aromatic N) is 1. The molecule has 0 radical (unpaired) electrons. The van der Waals surface area contributed by atoms with Crippen molar-refractivity contribution in [1.82, 2.24) is 10.2 Å². The smallest absolute Gasteiger partial charge is 0.247 e. The number of hydrogen-bond donors (Lipinski definition) is 3. The molecule has 1 atom stereocenters. The molecule has 1 unspecified atom stereocenters. The minimum absolute atomic E-state index is 0.0858. The largest absolute Gasteiger partial charge is 0.372 e. The van der Waals surface area contributed by atoms with E-state index in [9.17, 15) is 9.59 Å². The lowest BCUT2D eigenvalue weighted by molar-refractivity contribution is -0.125. The van der Waals surface area contributed by atoms with Gasteiger partial charge in [-0.1, -0.05) is 31.4 Å². The summed E-state index contributed by atoms with van der Waals surface area (Å²) < 4.78 is 0. The molecule has 3 N–H and O–H groups in total. The van der Waals surface area contributed by atoms with Gasteiger partial charge in [0.2, 0.25) is 11.8 Å². The quantitative estimate of drug-likeness (QED) is 0.655. The van der Waals surface area contributed by atoms with E-state index in [1.807, 2.05) is 24.3 Å². The van der Waals surface area contributed by atoms with Crippen LogP contribution in [0.15, 0.2) is 24.3 Å². The molecule has 1 saturated carbocycles. The average molecular weight is 358 g/mol. The first-order valence-electron chi connectivity index (χ1n) is 9.77. The van der Waals surface area contributed by atoms with E-state index in [1.54, 1.807) is 0 Å². The molecular formula is C20H30N4O2. The van der Waals surface area contributed by atoms with Gasteiger partial charge in [-0.15, -0.1) is 0 Å². The molecule has 0 spiro atoms. The third-order valence-electron chi connectivity index (χ3n) is 5.43. The van der Waals surface area contributed by atoms with Gasteiger partial charge in [0, 0.05) is 12.6 Å². The molecule has 26 heavy (non-hydrogen) atoms. The van der Waals surface area contributed by atoms with Crippen molar-refractivity contribution < 1.29 is 9.59 Å². The molecule has 0 aromatic heterocycles. The van der Waals surface area contributed by atoms with Crippen molar-refractivity contribution in [2.24, 2.45) is 0 Å². The number of benzene rings is 1. The molecule has 1 aromatic carbocycles. The van der Waals surface area contributed by atoms with Crippen molar-refractivity contribution in [3.63, 3.8) is 0 Å². The van der Waals surface area contributed by atoms with Gasteiger partial charge in [-0.3, -0.25) is 9.59 Å². The van der Waals surface area contributed by atoms with Crippen molar-refractivity contribution in [2.45, 2.75) is 57.0 Å². The van der Waals surface area contributed by atoms with Crippen LogP contribution >= 0.6 is 0 Å². The SMILES string of the molecule is CN(CCCNC(=O)CC1Nc2ccccc2NC1=O)C1CCCCC1. The van der Waals surface area contributed by atoms with Crippen LogP contribution in [-0.2, 0) is 9.59 Å². The van der Waals surface area contributed by atoms with Crippen molar-refractivity contribution in [1.29, 1.82) is 0 Å². The molecule has 2 amide bonds. The van der Waals surface area contributed by atoms with Crippen molar-refractivity contribution in [3.05, 3.63) is 24.3 Å². The second-order valence-corrected chi connectivity index (χ2v) is 7.41. The summed E-state index contributed by atoms with van der Waals surface area (Å²) in [5.41, 5.74) is 1.62. The van der Waals surface area contributed by atoms with E-state index in [4.69, 9.17) is 0 Å². The molecule has 1 heterocycles. The number of fused-ring (bicyclic) bond motifs is 1. The summed E-state index contributed by atoms with van der Waals surface area (Å²) in [6.07, 6.45) is 7.73. The summed E-state index contributed by atoms with van der Waals surface area (Å²) in [6, 6.07) is 7.71. The van der Waals surface area contributed by atoms with Gasteiger partial charge in [0.1, 0.15) is 6.04 Å². The summed E-state index contributed by atoms with van der Waals surface area (Å²) in [6.45, 7) is 1.65. The van der Waals surface area contributed by atoms with Gasteiger partial charge in [-0.2, -0.15) is 0 Å². The highest BCUT2D eigenvalue weighted by atomic mass is 16.2. The Morgan fingerprint density at radius 1 is 1.19 bits per heavy atom. The minimum Gasteiger partial charge on any atom is -0.372 e. The number of nitrogens with one attached hydrogen (secondary N) is 3. The summed E-state index contributed by atoms with van der Waals surface area (Å²) in [5, 5.41) is 8.94. The lowest BCUT2D eigenvalue weighted by atomic mass is 9.94. The maximum atomic E-state index is 12.2. The molecule has 0 saturated heterocycles. The lowest BCUT2D eigenvalue weighted by Gasteiger charge is -2.31. The molecule has 2 aliphatic rings. The Kier molecular flexibility index (Phi) is 6.50. The second kappa shape index (κ2) is 9.03. The molecule has 1 aliphatic heterocycles. The Morgan fingerprint density at radius 2 is 1.92 bits per heavy atom. The van der Waals surface area contributed by atoms with Crippen LogP contribution in [-0.4, -0.2) is 48.9 Å². The van der Waals surface area contributed by atoms with E-state index < -0.39 is 6.04 Å². The number of amides is 2. The third kappa shape index (κ3) is 4.97. The van der Waals surface area contributed by atoms with E-state index in [2.05, 4.69) is 27.9 Å². The molecule has 6 nitrogen and oxygen atoms in total. The standard InChI is InChI=1S/C20H30N4O2/c1-24(15-8-3-2-4-9-15)13-7-12-21-19(25)14-18-20(26)23-17-11-6-5-10-16(17)22-18/h5-6,10-11,15,18,22H,2-4,7-9,12-14H2,1H3,(H,21,25)(H,23,26). The fraction of sp³-hybridized carbons (Fsp3) is 0.600. The fourth-order valence-electron chi connectivity index (χ4n) is 3.85. The highest BCUT2D eigenvalue weighted by Gasteiger charge is 2.27. The first-order chi connectivity index (χ1) is 12.6. The Morgan fingerprint density at radius 3 is 2.69 bits per heavy atom. The van der Waals surface area contributed by atoms with Gasteiger partial charge in [0.25, 0.3) is 0 Å². The van der Waals surface area contributed by atoms with Crippen molar-refractivity contribution in [2.75, 3.05) is 30.8 Å². The molecule has 0 bridgehead atoms. The van der Waals surface area contributed by atoms with E-state index in [1.165, 1.54) is 32.1 Å². The maximum Gasteiger partial charge on any atom is 0.247 e. The zero-order valence-corrected chi connectivity index (χ0v) is 15.6. The summed E-state index contributed by atoms with van der Waals surface area (Å²) >= 11 is 0. The van der Waals surface area contributed by atoms with Crippen LogP contribution in [0, 0.1) is 0 Å². The molecule has 6 heteroatoms. The van der Waals surface area contributed by atoms with Gasteiger partial charge in [-0.25, -0.2) is 0 Å². The number of para-hydroxylation sites is 2. The fourth-order valence-corrected chi connectivity index (χ4v) is 3.85. The highest BCUT2D eigenvalue weighted by molar-refractivity contribution is 6.04. The molecule has 3 rings (SSSR count). The molecule has 1 aromatic rings. The Balaban J connectivity index is 1.36. The van der Waals surface area contributed by atoms with E-state index in [-0.39, 0.29) is 18.2 Å². The van der Waals surface area contributed by atoms with Crippen LogP contribution < -0.4 is 16.0 Å². The number of hydrogen-bond acceptors (Lipinski definition) is 4. The van der Waals surface area contributed by atoms with E-state index in [0.29, 0.717) is 12.6 Å². The summed E-state index contributed by atoms with van der Waals surface area (Å²) in [4.78, 5) is 26.7. The third-order valence-corrected chi connectivity index (χ3v) is 5.43. The van der Waals surface area contributed by atoms with Gasteiger partial charge in [0.15, 0.2) is 0 Å². The Labute approximate surface area is 155 Å². The van der Waals surface area contributed by atoms with Crippen molar-refractivity contribution >= 4 is 23.2 Å². The van der Waals surface area contributed by atoms with Gasteiger partial charge in [-0.05, 0) is 45.0 Å². The van der Waals surface area contributed by atoms with E-state index >= 15 is 0 Å². The van der Waals surface area contributed by atoms with Gasteiger partial charge in [0.05, 0.1) is 17.8 Å². The minimum atomic E-state index is -0.519. The van der Waals surface area contributed by atoms with Gasteiger partial charge >= 0.3 is 0 Å². The van der Waals surface area contributed by atoms with Crippen LogP contribution in [0.2, 0.25) is 0 Å². The number of carbonyl (C=O) groups excluding carboxylic acids is 2. The molecular weight excluding hydrogens is 328 g/mol. The summed E-state index contributed by atoms with van der Waals surface area (Å²) in [5.74, 6) is -0.242. The molecule has 1 aliphatic carbocycles. The zero-order chi connectivity index (χ0) is 18.4. The second-order valence-electron chi connectivity index (χ2n) is 7.41. The number of rotatable bonds is 7. The first kappa shape index (κ1) is 18.7. The lowest BCUT2D eigenvalue weighted by Crippen LogP contribution is -2.42. The molecule has 1 fully saturated rings. The zero-order valence-electron chi connectivity index (χ0n) is 15.6. The van der Waals surface area contributed by atoms with Crippen molar-refractivity contribution in [3.8, 4) is 0 Å². The topological polar surface area (TPSA) is 73.5 Å². The van der Waals surface area contributed by atoms with Gasteiger partial charge < -0.3 is 20.9 Å². The number of anilines is 2. The van der Waals surface area contributed by atoms with Crippen LogP contribution in [0.1, 0.15) is 44.9 Å². The first-order valence-corrected chi connectivity index (χ1v) is 9.77. The molecule has 142 valence electrons. The monoisotopic (exact) mass is 358 g/mol. The van der Waals surface area contributed by atoms with Crippen LogP contribution in [0.25, 0.3) is 0 Å². The maximum absolute atomic E-state index is 12.2. The summed E-state index contributed by atoms with van der Waals surface area (Å²) in [7, 11) is 2.19. The normalized spacial score (nSPS) is 20.2. The Bertz CT molecular complexity index is 628. The van der Waals surface area contributed by atoms with Crippen LogP contribution in [0.5, 0.6) is 0 Å². The van der Waals surface area contributed by atoms with Crippen LogP contribution in [0.3, 0.4) is 0 Å². The average Bonchev–Trinajstić information content (AvgIpc) is 2.66. The predicted octanol–water partition coefficient (Wildman–Crippen LogP) is 2.58. The number of carbonyl (C=O) groups is 2. The Hall–Kier alpha value is -2.08. The highest BCUT2D eigenvalue weighted by Crippen LogP contribution is 2.26. The van der Waals surface area contributed by atoms with Crippen LogP contribution in [0.4, 0.5) is 11.4 Å². The predicted molar refractivity (Wildman–Crippen MR) is 104 cm³/mol. The van der Waals surface area contributed by atoms with E-state index in [0.717, 1.165) is 24.3 Å².